The van der Waals surface area contributed by atoms with Crippen LogP contribution in [-0.2, 0) is 4.79 Å². The highest BCUT2D eigenvalue weighted by molar-refractivity contribution is 5.93. The Bertz CT molecular complexity index is 550. The highest BCUT2D eigenvalue weighted by Crippen LogP contribution is 2.25. The van der Waals surface area contributed by atoms with Crippen molar-refractivity contribution in [2.75, 3.05) is 5.32 Å². The summed E-state index contributed by atoms with van der Waals surface area (Å²) in [5.41, 5.74) is 5.60. The van der Waals surface area contributed by atoms with E-state index >= 15 is 0 Å². The average molecular weight is 295 g/mol. The van der Waals surface area contributed by atoms with Gasteiger partial charge < -0.3 is 11.1 Å². The van der Waals surface area contributed by atoms with E-state index in [1.807, 2.05) is 0 Å². The van der Waals surface area contributed by atoms with Crippen LogP contribution in [0.1, 0.15) is 32.1 Å². The van der Waals surface area contributed by atoms with Crippen molar-refractivity contribution < 1.29 is 14.1 Å². The summed E-state index contributed by atoms with van der Waals surface area (Å²) in [5, 5.41) is 13.1. The lowest BCUT2D eigenvalue weighted by Gasteiger charge is -2.20. The molecule has 1 aromatic rings. The molecule has 6 nitrogen and oxygen atoms in total. The standard InChI is InChI=1S/C14H18FN3O3/c15-11-8-9(6-7-13(11)18(20)21)17-14(19)10-4-2-1-3-5-12(10)16/h6-8,10,12H,1-5,16H2,(H,17,19). The molecule has 1 aliphatic carbocycles. The van der Waals surface area contributed by atoms with Gasteiger partial charge in [0.1, 0.15) is 0 Å². The van der Waals surface area contributed by atoms with E-state index in [0.29, 0.717) is 6.42 Å². The fraction of sp³-hybridized carbons (Fsp3) is 0.500. The first kappa shape index (κ1) is 15.4. The van der Waals surface area contributed by atoms with E-state index in [4.69, 9.17) is 5.73 Å². The Morgan fingerprint density at radius 3 is 2.71 bits per heavy atom. The number of nitrogens with one attached hydrogen (secondary N) is 1. The monoisotopic (exact) mass is 295 g/mol. The lowest BCUT2D eigenvalue weighted by atomic mass is 9.94. The second-order valence-electron chi connectivity index (χ2n) is 5.32. The molecule has 1 amide bonds. The maximum atomic E-state index is 13.5. The van der Waals surface area contributed by atoms with Crippen LogP contribution in [0.15, 0.2) is 18.2 Å². The van der Waals surface area contributed by atoms with Gasteiger partial charge in [-0.3, -0.25) is 14.9 Å². The Morgan fingerprint density at radius 1 is 1.33 bits per heavy atom. The molecule has 0 bridgehead atoms. The van der Waals surface area contributed by atoms with Gasteiger partial charge in [-0.25, -0.2) is 0 Å². The highest BCUT2D eigenvalue weighted by Gasteiger charge is 2.27. The molecular formula is C14H18FN3O3. The third kappa shape index (κ3) is 3.75. The summed E-state index contributed by atoms with van der Waals surface area (Å²) >= 11 is 0. The summed E-state index contributed by atoms with van der Waals surface area (Å²) in [4.78, 5) is 22.0. The van der Waals surface area contributed by atoms with Crippen LogP contribution in [0, 0.1) is 21.8 Å². The largest absolute Gasteiger partial charge is 0.327 e. The summed E-state index contributed by atoms with van der Waals surface area (Å²) in [6.45, 7) is 0. The molecule has 0 radical (unpaired) electrons. The molecule has 7 heteroatoms. The van der Waals surface area contributed by atoms with Gasteiger partial charge in [0.2, 0.25) is 11.7 Å². The quantitative estimate of drug-likeness (QED) is 0.508. The Kier molecular flexibility index (Phi) is 4.85. The third-order valence-corrected chi connectivity index (χ3v) is 3.82. The molecule has 2 atom stereocenters. The predicted molar refractivity (Wildman–Crippen MR) is 76.2 cm³/mol. The van der Waals surface area contributed by atoms with E-state index in [1.54, 1.807) is 0 Å². The lowest BCUT2D eigenvalue weighted by Crippen LogP contribution is -2.37. The van der Waals surface area contributed by atoms with Crippen molar-refractivity contribution in [3.05, 3.63) is 34.1 Å². The minimum Gasteiger partial charge on any atom is -0.327 e. The second kappa shape index (κ2) is 6.62. The number of halogens is 1. The molecule has 1 aromatic carbocycles. The van der Waals surface area contributed by atoms with Gasteiger partial charge in [0.05, 0.1) is 10.8 Å². The Balaban J connectivity index is 2.08. The lowest BCUT2D eigenvalue weighted by molar-refractivity contribution is -0.387. The molecule has 1 saturated carbocycles. The van der Waals surface area contributed by atoms with Gasteiger partial charge >= 0.3 is 5.69 Å². The number of hydrogen-bond acceptors (Lipinski definition) is 4. The molecule has 0 spiro atoms. The Labute approximate surface area is 121 Å². The fourth-order valence-corrected chi connectivity index (χ4v) is 2.63. The molecule has 0 heterocycles. The molecule has 114 valence electrons. The molecule has 3 N–H and O–H groups in total. The Morgan fingerprint density at radius 2 is 2.05 bits per heavy atom. The second-order valence-corrected chi connectivity index (χ2v) is 5.32. The number of benzene rings is 1. The van der Waals surface area contributed by atoms with Crippen LogP contribution in [0.5, 0.6) is 0 Å². The van der Waals surface area contributed by atoms with Gasteiger partial charge in [0, 0.05) is 23.9 Å². The first-order valence-corrected chi connectivity index (χ1v) is 6.99. The molecule has 21 heavy (non-hydrogen) atoms. The zero-order chi connectivity index (χ0) is 15.4. The number of nitrogens with two attached hydrogens (primary N) is 1. The molecular weight excluding hydrogens is 277 g/mol. The van der Waals surface area contributed by atoms with E-state index in [-0.39, 0.29) is 23.6 Å². The van der Waals surface area contributed by atoms with Crippen LogP contribution in [0.3, 0.4) is 0 Å². The van der Waals surface area contributed by atoms with Gasteiger partial charge in [-0.15, -0.1) is 0 Å². The molecule has 2 rings (SSSR count). The number of carbonyl (C=O) groups is 1. The van der Waals surface area contributed by atoms with Gasteiger partial charge in [-0.2, -0.15) is 4.39 Å². The van der Waals surface area contributed by atoms with Gasteiger partial charge in [-0.1, -0.05) is 19.3 Å². The first-order valence-electron chi connectivity index (χ1n) is 6.99. The van der Waals surface area contributed by atoms with Crippen molar-refractivity contribution >= 4 is 17.3 Å². The maximum Gasteiger partial charge on any atom is 0.304 e. The van der Waals surface area contributed by atoms with Gasteiger partial charge in [0.25, 0.3) is 0 Å². The van der Waals surface area contributed by atoms with Crippen molar-refractivity contribution in [1.29, 1.82) is 0 Å². The van der Waals surface area contributed by atoms with Crippen LogP contribution in [0.2, 0.25) is 0 Å². The number of amides is 1. The summed E-state index contributed by atoms with van der Waals surface area (Å²) in [7, 11) is 0. The van der Waals surface area contributed by atoms with Crippen molar-refractivity contribution in [3.8, 4) is 0 Å². The van der Waals surface area contributed by atoms with E-state index in [9.17, 15) is 19.3 Å². The minimum absolute atomic E-state index is 0.199. The summed E-state index contributed by atoms with van der Waals surface area (Å²) in [6.07, 6.45) is 4.52. The predicted octanol–water partition coefficient (Wildman–Crippen LogP) is 2.58. The molecule has 0 aliphatic heterocycles. The zero-order valence-electron chi connectivity index (χ0n) is 11.5. The summed E-state index contributed by atoms with van der Waals surface area (Å²) in [6, 6.07) is 3.12. The van der Waals surface area contributed by atoms with E-state index < -0.39 is 16.4 Å². The SMILES string of the molecule is NC1CCCCCC1C(=O)Nc1ccc([N+](=O)[O-])c(F)c1. The van der Waals surface area contributed by atoms with Crippen molar-refractivity contribution in [2.24, 2.45) is 11.7 Å². The number of rotatable bonds is 3. The van der Waals surface area contributed by atoms with Crippen molar-refractivity contribution in [1.82, 2.24) is 0 Å². The van der Waals surface area contributed by atoms with Crippen LogP contribution < -0.4 is 11.1 Å². The molecule has 0 aromatic heterocycles. The Hall–Kier alpha value is -2.02. The van der Waals surface area contributed by atoms with Crippen molar-refractivity contribution in [2.45, 2.75) is 38.1 Å². The summed E-state index contributed by atoms with van der Waals surface area (Å²) in [5.74, 6) is -1.52. The number of nitro groups is 1. The van der Waals surface area contributed by atoms with Crippen molar-refractivity contribution in [3.63, 3.8) is 0 Å². The molecule has 1 fully saturated rings. The molecule has 0 saturated heterocycles. The van der Waals surface area contributed by atoms with Crippen LogP contribution in [0.4, 0.5) is 15.8 Å². The maximum absolute atomic E-state index is 13.5. The average Bonchev–Trinajstić information content (AvgIpc) is 2.63. The number of anilines is 1. The number of hydrogen-bond donors (Lipinski definition) is 2. The number of nitrogens with zero attached hydrogens (tertiary/aromatic N) is 1. The molecule has 2 unspecified atom stereocenters. The van der Waals surface area contributed by atoms with Gasteiger partial charge in [-0.05, 0) is 18.9 Å². The van der Waals surface area contributed by atoms with Gasteiger partial charge in [0.15, 0.2) is 0 Å². The first-order chi connectivity index (χ1) is 9.99. The van der Waals surface area contributed by atoms with E-state index in [0.717, 1.165) is 37.8 Å². The number of carbonyl (C=O) groups excluding carboxylic acids is 1. The van der Waals surface area contributed by atoms with E-state index in [1.165, 1.54) is 6.07 Å². The minimum atomic E-state index is -0.969. The topological polar surface area (TPSA) is 98.3 Å². The third-order valence-electron chi connectivity index (χ3n) is 3.82. The van der Waals surface area contributed by atoms with Crippen LogP contribution in [0.25, 0.3) is 0 Å². The number of nitro benzene ring substituents is 1. The van der Waals surface area contributed by atoms with E-state index in [2.05, 4.69) is 5.32 Å². The zero-order valence-corrected chi connectivity index (χ0v) is 11.5. The molecule has 1 aliphatic rings. The summed E-state index contributed by atoms with van der Waals surface area (Å²) < 4.78 is 13.5. The van der Waals surface area contributed by atoms with Crippen LogP contribution >= 0.6 is 0 Å². The van der Waals surface area contributed by atoms with Crippen LogP contribution in [-0.4, -0.2) is 16.9 Å². The fourth-order valence-electron chi connectivity index (χ4n) is 2.63. The highest BCUT2D eigenvalue weighted by atomic mass is 19.1. The normalized spacial score (nSPS) is 22.4. The smallest absolute Gasteiger partial charge is 0.304 e.